The molecule has 1 aromatic carbocycles. The van der Waals surface area contributed by atoms with Crippen LogP contribution in [-0.4, -0.2) is 9.97 Å². The zero-order valence-corrected chi connectivity index (χ0v) is 16.9. The Morgan fingerprint density at radius 2 is 1.52 bits per heavy atom. The Bertz CT molecular complexity index is 928. The number of aromatic nitrogens is 3. The molecule has 0 amide bonds. The molecule has 140 valence electrons. The molecule has 0 aliphatic rings. The van der Waals surface area contributed by atoms with Gasteiger partial charge in [-0.15, -0.1) is 0 Å². The van der Waals surface area contributed by atoms with Gasteiger partial charge in [-0.25, -0.2) is 9.97 Å². The third-order valence-corrected chi connectivity index (χ3v) is 4.80. The lowest BCUT2D eigenvalue weighted by Gasteiger charge is -2.13. The van der Waals surface area contributed by atoms with Crippen LogP contribution in [0.15, 0.2) is 42.6 Å². The number of halogens is 1. The SMILES string of the molecule is Cc1ccccc1-c1c(F)cc(-c2nc(C(C)C)cc(C(C)C)n2)c[n+]1C. The van der Waals surface area contributed by atoms with Gasteiger partial charge in [-0.1, -0.05) is 45.9 Å². The maximum absolute atomic E-state index is 15.1. The van der Waals surface area contributed by atoms with Crippen molar-refractivity contribution in [2.75, 3.05) is 0 Å². The van der Waals surface area contributed by atoms with Crippen molar-refractivity contribution in [3.05, 3.63) is 65.4 Å². The molecule has 27 heavy (non-hydrogen) atoms. The van der Waals surface area contributed by atoms with Crippen molar-refractivity contribution in [3.63, 3.8) is 0 Å². The fraction of sp³-hybridized carbons (Fsp3) is 0.348. The van der Waals surface area contributed by atoms with Gasteiger partial charge in [-0.05, 0) is 42.5 Å². The highest BCUT2D eigenvalue weighted by molar-refractivity contribution is 5.64. The molecule has 3 rings (SSSR count). The van der Waals surface area contributed by atoms with Crippen LogP contribution in [0, 0.1) is 12.7 Å². The summed E-state index contributed by atoms with van der Waals surface area (Å²) >= 11 is 0. The smallest absolute Gasteiger partial charge is 0.233 e. The lowest BCUT2D eigenvalue weighted by molar-refractivity contribution is -0.661. The number of hydrogen-bond donors (Lipinski definition) is 0. The van der Waals surface area contributed by atoms with E-state index < -0.39 is 0 Å². The lowest BCUT2D eigenvalue weighted by Crippen LogP contribution is -2.32. The van der Waals surface area contributed by atoms with E-state index in [1.165, 1.54) is 0 Å². The second-order valence-electron chi connectivity index (χ2n) is 7.70. The van der Waals surface area contributed by atoms with Crippen LogP contribution in [0.25, 0.3) is 22.6 Å². The maximum atomic E-state index is 15.1. The van der Waals surface area contributed by atoms with Crippen molar-refractivity contribution >= 4 is 0 Å². The first-order valence-electron chi connectivity index (χ1n) is 9.42. The average molecular weight is 364 g/mol. The monoisotopic (exact) mass is 364 g/mol. The highest BCUT2D eigenvalue weighted by Gasteiger charge is 2.22. The first kappa shape index (κ1) is 19.2. The molecular weight excluding hydrogens is 337 g/mol. The minimum absolute atomic E-state index is 0.269. The molecule has 0 atom stereocenters. The van der Waals surface area contributed by atoms with Gasteiger partial charge in [-0.2, -0.15) is 8.96 Å². The zero-order valence-electron chi connectivity index (χ0n) is 16.9. The van der Waals surface area contributed by atoms with Gasteiger partial charge in [0.05, 0.1) is 11.1 Å². The predicted molar refractivity (Wildman–Crippen MR) is 107 cm³/mol. The van der Waals surface area contributed by atoms with Gasteiger partial charge >= 0.3 is 0 Å². The van der Waals surface area contributed by atoms with Crippen molar-refractivity contribution < 1.29 is 8.96 Å². The van der Waals surface area contributed by atoms with Gasteiger partial charge in [0.25, 0.3) is 0 Å². The van der Waals surface area contributed by atoms with Crippen LogP contribution in [0.3, 0.4) is 0 Å². The zero-order chi connectivity index (χ0) is 19.7. The fourth-order valence-corrected chi connectivity index (χ4v) is 3.17. The van der Waals surface area contributed by atoms with Gasteiger partial charge < -0.3 is 0 Å². The van der Waals surface area contributed by atoms with Crippen LogP contribution in [0.2, 0.25) is 0 Å². The molecule has 0 aliphatic carbocycles. The van der Waals surface area contributed by atoms with Crippen molar-refractivity contribution in [2.45, 2.75) is 46.5 Å². The highest BCUT2D eigenvalue weighted by Crippen LogP contribution is 2.27. The Hall–Kier alpha value is -2.62. The van der Waals surface area contributed by atoms with Crippen LogP contribution >= 0.6 is 0 Å². The first-order chi connectivity index (χ1) is 12.8. The standard InChI is InChI=1S/C23H27FN3/c1-14(2)20-12-21(15(3)4)26-23(25-20)17-11-19(24)22(27(6)13-17)18-10-8-7-9-16(18)5/h7-15H,1-6H3/q+1. The molecule has 0 saturated carbocycles. The summed E-state index contributed by atoms with van der Waals surface area (Å²) in [7, 11) is 1.87. The quantitative estimate of drug-likeness (QED) is 0.586. The fourth-order valence-electron chi connectivity index (χ4n) is 3.17. The van der Waals surface area contributed by atoms with Crippen LogP contribution in [0.1, 0.15) is 56.5 Å². The Morgan fingerprint density at radius 3 is 2.04 bits per heavy atom. The predicted octanol–water partition coefficient (Wildman–Crippen LogP) is 5.33. The van der Waals surface area contributed by atoms with Crippen LogP contribution in [0.4, 0.5) is 4.39 Å². The van der Waals surface area contributed by atoms with Gasteiger partial charge in [0, 0.05) is 11.4 Å². The van der Waals surface area contributed by atoms with Gasteiger partial charge in [-0.3, -0.25) is 0 Å². The van der Waals surface area contributed by atoms with E-state index in [0.29, 0.717) is 17.1 Å². The van der Waals surface area contributed by atoms with Gasteiger partial charge in [0.15, 0.2) is 17.8 Å². The summed E-state index contributed by atoms with van der Waals surface area (Å²) in [5.74, 6) is 0.882. The molecule has 3 aromatic rings. The largest absolute Gasteiger partial charge is 0.248 e. The van der Waals surface area contributed by atoms with E-state index in [0.717, 1.165) is 22.5 Å². The number of rotatable bonds is 4. The topological polar surface area (TPSA) is 29.7 Å². The van der Waals surface area contributed by atoms with E-state index in [1.807, 2.05) is 49.0 Å². The highest BCUT2D eigenvalue weighted by atomic mass is 19.1. The molecule has 0 N–H and O–H groups in total. The minimum atomic E-state index is -0.269. The number of nitrogens with zero attached hydrogens (tertiary/aromatic N) is 3. The Balaban J connectivity index is 2.16. The van der Waals surface area contributed by atoms with Crippen molar-refractivity contribution in [1.82, 2.24) is 9.97 Å². The van der Waals surface area contributed by atoms with Crippen molar-refractivity contribution in [1.29, 1.82) is 0 Å². The number of hydrogen-bond acceptors (Lipinski definition) is 2. The van der Waals surface area contributed by atoms with Crippen molar-refractivity contribution in [3.8, 4) is 22.6 Å². The second kappa shape index (κ2) is 7.55. The van der Waals surface area contributed by atoms with E-state index in [4.69, 9.17) is 9.97 Å². The van der Waals surface area contributed by atoms with Gasteiger partial charge in [0.2, 0.25) is 5.69 Å². The molecule has 0 unspecified atom stereocenters. The Kier molecular flexibility index (Phi) is 5.36. The molecule has 2 heterocycles. The van der Waals surface area contributed by atoms with E-state index in [1.54, 1.807) is 6.07 Å². The van der Waals surface area contributed by atoms with Crippen LogP contribution < -0.4 is 4.57 Å². The summed E-state index contributed by atoms with van der Waals surface area (Å²) in [6, 6.07) is 11.4. The number of pyridine rings is 1. The van der Waals surface area contributed by atoms with E-state index in [2.05, 4.69) is 33.8 Å². The Morgan fingerprint density at radius 1 is 0.926 bits per heavy atom. The summed E-state index contributed by atoms with van der Waals surface area (Å²) in [6.45, 7) is 10.4. The summed E-state index contributed by atoms with van der Waals surface area (Å²) in [5, 5.41) is 0. The van der Waals surface area contributed by atoms with Crippen LogP contribution in [-0.2, 0) is 7.05 Å². The summed E-state index contributed by atoms with van der Waals surface area (Å²) in [5.41, 5.74) is 5.16. The molecule has 0 fully saturated rings. The van der Waals surface area contributed by atoms with E-state index >= 15 is 4.39 Å². The second-order valence-corrected chi connectivity index (χ2v) is 7.70. The minimum Gasteiger partial charge on any atom is -0.233 e. The van der Waals surface area contributed by atoms with E-state index in [-0.39, 0.29) is 17.7 Å². The summed E-state index contributed by atoms with van der Waals surface area (Å²) in [6.07, 6.45) is 1.91. The molecule has 0 aliphatic heterocycles. The maximum Gasteiger partial charge on any atom is 0.248 e. The summed E-state index contributed by atoms with van der Waals surface area (Å²) in [4.78, 5) is 9.39. The molecular formula is C23H27FN3+. The number of aryl methyl sites for hydroxylation is 2. The third kappa shape index (κ3) is 3.90. The molecule has 0 bridgehead atoms. The molecule has 0 radical (unpaired) electrons. The number of benzene rings is 1. The molecule has 3 nitrogen and oxygen atoms in total. The normalized spacial score (nSPS) is 11.4. The van der Waals surface area contributed by atoms with Crippen molar-refractivity contribution in [2.24, 2.45) is 7.05 Å². The first-order valence-corrected chi connectivity index (χ1v) is 9.42. The Labute approximate surface area is 160 Å². The molecule has 2 aromatic heterocycles. The summed E-state index contributed by atoms with van der Waals surface area (Å²) < 4.78 is 16.9. The lowest BCUT2D eigenvalue weighted by atomic mass is 10.0. The van der Waals surface area contributed by atoms with Gasteiger partial charge in [0.1, 0.15) is 7.05 Å². The van der Waals surface area contributed by atoms with E-state index in [9.17, 15) is 0 Å². The molecule has 4 heteroatoms. The van der Waals surface area contributed by atoms with Crippen LogP contribution in [0.5, 0.6) is 0 Å². The molecule has 0 spiro atoms. The molecule has 0 saturated heterocycles. The third-order valence-electron chi connectivity index (χ3n) is 4.80. The average Bonchev–Trinajstić information content (AvgIpc) is 2.62.